The fraction of sp³-hybridized carbons (Fsp3) is 0.200. The zero-order valence-corrected chi connectivity index (χ0v) is 10.1. The van der Waals surface area contributed by atoms with Crippen LogP contribution < -0.4 is 10.5 Å². The van der Waals surface area contributed by atoms with Crippen molar-refractivity contribution in [2.75, 3.05) is 13.7 Å². The van der Waals surface area contributed by atoms with Crippen LogP contribution in [-0.2, 0) is 0 Å². The van der Waals surface area contributed by atoms with Crippen LogP contribution in [0.15, 0.2) is 43.0 Å². The molecule has 2 rings (SSSR count). The largest absolute Gasteiger partial charge is 0.497 e. The van der Waals surface area contributed by atoms with Crippen molar-refractivity contribution >= 4 is 16.3 Å². The minimum atomic E-state index is 0.638. The Morgan fingerprint density at radius 3 is 2.59 bits per heavy atom. The molecule has 2 aromatic carbocycles. The highest BCUT2D eigenvalue weighted by molar-refractivity contribution is 5.87. The summed E-state index contributed by atoms with van der Waals surface area (Å²) >= 11 is 0. The third kappa shape index (κ3) is 2.48. The molecule has 0 unspecified atom stereocenters. The predicted molar refractivity (Wildman–Crippen MR) is 73.2 cm³/mol. The van der Waals surface area contributed by atoms with Gasteiger partial charge in [-0.05, 0) is 53.1 Å². The zero-order chi connectivity index (χ0) is 12.3. The van der Waals surface area contributed by atoms with Gasteiger partial charge in [-0.3, -0.25) is 0 Å². The van der Waals surface area contributed by atoms with E-state index >= 15 is 0 Å². The molecule has 0 spiro atoms. The normalized spacial score (nSPS) is 10.5. The molecule has 2 nitrogen and oxygen atoms in total. The molecule has 2 N–H and O–H groups in total. The molecule has 0 aromatic heterocycles. The number of hydrogen-bond acceptors (Lipinski definition) is 2. The van der Waals surface area contributed by atoms with Crippen molar-refractivity contribution in [2.24, 2.45) is 5.73 Å². The van der Waals surface area contributed by atoms with E-state index in [1.807, 2.05) is 12.1 Å². The Labute approximate surface area is 102 Å². The van der Waals surface area contributed by atoms with Gasteiger partial charge in [-0.25, -0.2) is 0 Å². The van der Waals surface area contributed by atoms with Crippen molar-refractivity contribution in [2.45, 2.75) is 6.42 Å². The summed E-state index contributed by atoms with van der Waals surface area (Å²) in [6.07, 6.45) is 0.835. The molecule has 0 heterocycles. The van der Waals surface area contributed by atoms with Crippen LogP contribution in [0.25, 0.3) is 16.3 Å². The monoisotopic (exact) mass is 227 g/mol. The molecule has 0 aliphatic carbocycles. The number of hydrogen-bond donors (Lipinski definition) is 1. The molecule has 88 valence electrons. The third-order valence-electron chi connectivity index (χ3n) is 2.90. The smallest absolute Gasteiger partial charge is 0.119 e. The number of fused-ring (bicyclic) bond motifs is 1. The Balaban J connectivity index is 2.41. The number of benzene rings is 2. The molecule has 0 saturated carbocycles. The van der Waals surface area contributed by atoms with Crippen molar-refractivity contribution in [3.63, 3.8) is 0 Å². The summed E-state index contributed by atoms with van der Waals surface area (Å²) in [4.78, 5) is 0. The van der Waals surface area contributed by atoms with Gasteiger partial charge in [-0.15, -0.1) is 0 Å². The fourth-order valence-electron chi connectivity index (χ4n) is 1.89. The lowest BCUT2D eigenvalue weighted by Crippen LogP contribution is -1.99. The Hall–Kier alpha value is -1.80. The summed E-state index contributed by atoms with van der Waals surface area (Å²) in [6, 6.07) is 12.4. The molecule has 0 aliphatic heterocycles. The lowest BCUT2D eigenvalue weighted by atomic mass is 10.0. The van der Waals surface area contributed by atoms with Crippen LogP contribution in [0, 0.1) is 0 Å². The van der Waals surface area contributed by atoms with Gasteiger partial charge in [0.1, 0.15) is 5.75 Å². The summed E-state index contributed by atoms with van der Waals surface area (Å²) < 4.78 is 5.20. The molecule has 2 aromatic rings. The summed E-state index contributed by atoms with van der Waals surface area (Å²) in [7, 11) is 1.68. The second-order valence-corrected chi connectivity index (χ2v) is 4.07. The van der Waals surface area contributed by atoms with Crippen LogP contribution in [0.4, 0.5) is 0 Å². The molecule has 0 amide bonds. The molecule has 0 aliphatic rings. The fourth-order valence-corrected chi connectivity index (χ4v) is 1.89. The van der Waals surface area contributed by atoms with Gasteiger partial charge in [0, 0.05) is 0 Å². The molecule has 0 fully saturated rings. The second kappa shape index (κ2) is 5.02. The Kier molecular flexibility index (Phi) is 3.45. The minimum absolute atomic E-state index is 0.638. The molecule has 0 atom stereocenters. The third-order valence-corrected chi connectivity index (χ3v) is 2.90. The van der Waals surface area contributed by atoms with Crippen molar-refractivity contribution in [3.8, 4) is 5.75 Å². The summed E-state index contributed by atoms with van der Waals surface area (Å²) in [5.41, 5.74) is 7.79. The first-order valence-corrected chi connectivity index (χ1v) is 5.70. The minimum Gasteiger partial charge on any atom is -0.497 e. The highest BCUT2D eigenvalue weighted by atomic mass is 16.5. The van der Waals surface area contributed by atoms with E-state index in [4.69, 9.17) is 10.5 Å². The van der Waals surface area contributed by atoms with Gasteiger partial charge in [-0.1, -0.05) is 24.8 Å². The van der Waals surface area contributed by atoms with Crippen LogP contribution in [0.1, 0.15) is 12.0 Å². The maximum atomic E-state index is 5.54. The van der Waals surface area contributed by atoms with Crippen LogP contribution >= 0.6 is 0 Å². The van der Waals surface area contributed by atoms with E-state index < -0.39 is 0 Å². The Morgan fingerprint density at radius 2 is 1.88 bits per heavy atom. The maximum absolute atomic E-state index is 5.54. The quantitative estimate of drug-likeness (QED) is 0.870. The number of ether oxygens (including phenoxy) is 1. The predicted octanol–water partition coefficient (Wildman–Crippen LogP) is 3.21. The van der Waals surface area contributed by atoms with Crippen LogP contribution in [0.5, 0.6) is 5.75 Å². The first-order chi connectivity index (χ1) is 8.24. The number of methoxy groups -OCH3 is 1. The summed E-state index contributed by atoms with van der Waals surface area (Å²) in [6.45, 7) is 4.69. The first-order valence-electron chi connectivity index (χ1n) is 5.70. The lowest BCUT2D eigenvalue weighted by molar-refractivity contribution is 0.415. The molecule has 2 heteroatoms. The van der Waals surface area contributed by atoms with Gasteiger partial charge in [0.25, 0.3) is 0 Å². The van der Waals surface area contributed by atoms with Gasteiger partial charge < -0.3 is 10.5 Å². The van der Waals surface area contributed by atoms with Crippen molar-refractivity contribution in [1.29, 1.82) is 0 Å². The van der Waals surface area contributed by atoms with E-state index in [-0.39, 0.29) is 0 Å². The highest BCUT2D eigenvalue weighted by Crippen LogP contribution is 2.25. The van der Waals surface area contributed by atoms with E-state index in [2.05, 4.69) is 30.8 Å². The summed E-state index contributed by atoms with van der Waals surface area (Å²) in [5, 5.41) is 2.37. The lowest BCUT2D eigenvalue weighted by Gasteiger charge is -2.07. The Bertz CT molecular complexity index is 546. The number of rotatable bonds is 4. The average molecular weight is 227 g/mol. The first kappa shape index (κ1) is 11.7. The van der Waals surface area contributed by atoms with Crippen molar-refractivity contribution < 1.29 is 4.74 Å². The van der Waals surface area contributed by atoms with Crippen molar-refractivity contribution in [3.05, 3.63) is 48.5 Å². The van der Waals surface area contributed by atoms with Crippen LogP contribution in [0.3, 0.4) is 0 Å². The van der Waals surface area contributed by atoms with Gasteiger partial charge in [0.05, 0.1) is 7.11 Å². The topological polar surface area (TPSA) is 35.2 Å². The number of nitrogens with two attached hydrogens (primary N) is 1. The molecular weight excluding hydrogens is 210 g/mol. The molecule has 17 heavy (non-hydrogen) atoms. The van der Waals surface area contributed by atoms with E-state index in [9.17, 15) is 0 Å². The summed E-state index contributed by atoms with van der Waals surface area (Å²) in [5.74, 6) is 0.881. The van der Waals surface area contributed by atoms with E-state index in [0.29, 0.717) is 6.54 Å². The van der Waals surface area contributed by atoms with Gasteiger partial charge in [0.15, 0.2) is 0 Å². The molecular formula is C15H17NO. The van der Waals surface area contributed by atoms with E-state index in [1.54, 1.807) is 7.11 Å². The molecule has 0 saturated heterocycles. The maximum Gasteiger partial charge on any atom is 0.119 e. The SMILES string of the molecule is C=C(CCN)c1ccc2cc(OC)ccc2c1. The molecule has 0 radical (unpaired) electrons. The van der Waals surface area contributed by atoms with E-state index in [1.165, 1.54) is 10.8 Å². The van der Waals surface area contributed by atoms with Gasteiger partial charge >= 0.3 is 0 Å². The van der Waals surface area contributed by atoms with Gasteiger partial charge in [-0.2, -0.15) is 0 Å². The average Bonchev–Trinajstić information content (AvgIpc) is 2.37. The second-order valence-electron chi connectivity index (χ2n) is 4.07. The van der Waals surface area contributed by atoms with E-state index in [0.717, 1.165) is 23.3 Å². The zero-order valence-electron chi connectivity index (χ0n) is 10.1. The standard InChI is InChI=1S/C15H17NO/c1-11(7-8-16)12-3-4-14-10-15(17-2)6-5-13(14)9-12/h3-6,9-10H,1,7-8,16H2,2H3. The molecule has 0 bridgehead atoms. The Morgan fingerprint density at radius 1 is 1.18 bits per heavy atom. The van der Waals surface area contributed by atoms with Gasteiger partial charge in [0.2, 0.25) is 0 Å². The van der Waals surface area contributed by atoms with Crippen LogP contribution in [0.2, 0.25) is 0 Å². The van der Waals surface area contributed by atoms with Crippen LogP contribution in [-0.4, -0.2) is 13.7 Å². The van der Waals surface area contributed by atoms with Crippen molar-refractivity contribution in [1.82, 2.24) is 0 Å². The highest BCUT2D eigenvalue weighted by Gasteiger charge is 2.01.